The summed E-state index contributed by atoms with van der Waals surface area (Å²) < 4.78 is 0. The Kier molecular flexibility index (Phi) is 2.67. The van der Waals surface area contributed by atoms with Crippen molar-refractivity contribution in [3.8, 4) is 0 Å². The number of rotatable bonds is 2. The quantitative estimate of drug-likeness (QED) is 0.793. The molecule has 2 nitrogen and oxygen atoms in total. The SMILES string of the molecule is C=Cc1cc(CC)c2c(c1)NCCN2C. The van der Waals surface area contributed by atoms with Crippen molar-refractivity contribution in [2.75, 3.05) is 30.4 Å². The van der Waals surface area contributed by atoms with Crippen molar-refractivity contribution in [3.05, 3.63) is 29.8 Å². The highest BCUT2D eigenvalue weighted by Gasteiger charge is 2.16. The first kappa shape index (κ1) is 10.1. The molecule has 0 saturated carbocycles. The highest BCUT2D eigenvalue weighted by atomic mass is 15.2. The highest BCUT2D eigenvalue weighted by molar-refractivity contribution is 5.78. The second-order valence-corrected chi connectivity index (χ2v) is 3.98. The van der Waals surface area contributed by atoms with E-state index in [9.17, 15) is 0 Å². The van der Waals surface area contributed by atoms with Crippen molar-refractivity contribution < 1.29 is 0 Å². The van der Waals surface area contributed by atoms with Crippen LogP contribution in [0.4, 0.5) is 11.4 Å². The topological polar surface area (TPSA) is 15.3 Å². The zero-order valence-corrected chi connectivity index (χ0v) is 9.51. The normalized spacial score (nSPS) is 14.4. The third-order valence-corrected chi connectivity index (χ3v) is 2.97. The highest BCUT2D eigenvalue weighted by Crippen LogP contribution is 2.33. The lowest BCUT2D eigenvalue weighted by molar-refractivity contribution is 0.874. The molecule has 2 rings (SSSR count). The first-order valence-electron chi connectivity index (χ1n) is 5.50. The van der Waals surface area contributed by atoms with Crippen LogP contribution in [-0.4, -0.2) is 20.1 Å². The minimum Gasteiger partial charge on any atom is -0.382 e. The van der Waals surface area contributed by atoms with Crippen LogP contribution in [0, 0.1) is 0 Å². The Morgan fingerprint density at radius 1 is 1.53 bits per heavy atom. The summed E-state index contributed by atoms with van der Waals surface area (Å²) in [7, 11) is 2.16. The summed E-state index contributed by atoms with van der Waals surface area (Å²) in [6.45, 7) is 8.13. The van der Waals surface area contributed by atoms with Crippen LogP contribution in [0.3, 0.4) is 0 Å². The molecule has 1 aromatic carbocycles. The van der Waals surface area contributed by atoms with Crippen molar-refractivity contribution in [1.82, 2.24) is 0 Å². The molecule has 0 aromatic heterocycles. The van der Waals surface area contributed by atoms with Crippen LogP contribution in [-0.2, 0) is 6.42 Å². The molecule has 0 radical (unpaired) electrons. The van der Waals surface area contributed by atoms with Gasteiger partial charge in [0.2, 0.25) is 0 Å². The van der Waals surface area contributed by atoms with E-state index in [0.717, 1.165) is 19.5 Å². The van der Waals surface area contributed by atoms with Gasteiger partial charge in [-0.1, -0.05) is 19.6 Å². The number of fused-ring (bicyclic) bond motifs is 1. The number of hydrogen-bond acceptors (Lipinski definition) is 2. The second-order valence-electron chi connectivity index (χ2n) is 3.98. The Labute approximate surface area is 91.6 Å². The second kappa shape index (κ2) is 3.97. The molecule has 1 aliphatic rings. The summed E-state index contributed by atoms with van der Waals surface area (Å²) in [5.41, 5.74) is 5.21. The number of nitrogens with one attached hydrogen (secondary N) is 1. The minimum atomic E-state index is 1.02. The Morgan fingerprint density at radius 2 is 2.33 bits per heavy atom. The van der Waals surface area contributed by atoms with Gasteiger partial charge in [-0.3, -0.25) is 0 Å². The lowest BCUT2D eigenvalue weighted by Crippen LogP contribution is -2.31. The summed E-state index contributed by atoms with van der Waals surface area (Å²) in [6.07, 6.45) is 2.98. The fourth-order valence-electron chi connectivity index (χ4n) is 2.16. The lowest BCUT2D eigenvalue weighted by atomic mass is 10.0. The maximum Gasteiger partial charge on any atom is 0.0632 e. The van der Waals surface area contributed by atoms with Crippen molar-refractivity contribution in [2.24, 2.45) is 0 Å². The van der Waals surface area contributed by atoms with Crippen LogP contribution in [0.2, 0.25) is 0 Å². The number of benzene rings is 1. The van der Waals surface area contributed by atoms with Crippen molar-refractivity contribution in [1.29, 1.82) is 0 Å². The zero-order chi connectivity index (χ0) is 10.8. The van der Waals surface area contributed by atoms with Crippen LogP contribution in [0.25, 0.3) is 6.08 Å². The molecule has 80 valence electrons. The van der Waals surface area contributed by atoms with E-state index >= 15 is 0 Å². The molecule has 2 heteroatoms. The predicted octanol–water partition coefficient (Wildman–Crippen LogP) is 2.75. The van der Waals surface area contributed by atoms with Crippen LogP contribution < -0.4 is 10.2 Å². The number of likely N-dealkylation sites (N-methyl/N-ethyl adjacent to an activating group) is 1. The van der Waals surface area contributed by atoms with Gasteiger partial charge in [0.1, 0.15) is 0 Å². The first-order chi connectivity index (χ1) is 7.26. The van der Waals surface area contributed by atoms with Gasteiger partial charge >= 0.3 is 0 Å². The Morgan fingerprint density at radius 3 is 3.00 bits per heavy atom. The minimum absolute atomic E-state index is 1.02. The molecule has 15 heavy (non-hydrogen) atoms. The molecule has 1 heterocycles. The third-order valence-electron chi connectivity index (χ3n) is 2.97. The van der Waals surface area contributed by atoms with Gasteiger partial charge in [-0.15, -0.1) is 0 Å². The van der Waals surface area contributed by atoms with E-state index in [0.29, 0.717) is 0 Å². The lowest BCUT2D eigenvalue weighted by Gasteiger charge is -2.31. The van der Waals surface area contributed by atoms with Gasteiger partial charge in [0.15, 0.2) is 0 Å². The zero-order valence-electron chi connectivity index (χ0n) is 9.51. The average molecular weight is 202 g/mol. The summed E-state index contributed by atoms with van der Waals surface area (Å²) in [6, 6.07) is 4.41. The first-order valence-corrected chi connectivity index (χ1v) is 5.50. The molecular weight excluding hydrogens is 184 g/mol. The summed E-state index contributed by atoms with van der Waals surface area (Å²) in [4.78, 5) is 2.33. The summed E-state index contributed by atoms with van der Waals surface area (Å²) in [5, 5.41) is 3.45. The van der Waals surface area contributed by atoms with Gasteiger partial charge in [-0.2, -0.15) is 0 Å². The number of hydrogen-bond donors (Lipinski definition) is 1. The van der Waals surface area contributed by atoms with Gasteiger partial charge in [0.05, 0.1) is 11.4 Å². The van der Waals surface area contributed by atoms with E-state index in [2.05, 4.69) is 42.9 Å². The number of nitrogens with zero attached hydrogens (tertiary/aromatic N) is 1. The third kappa shape index (κ3) is 1.72. The molecule has 0 bridgehead atoms. The molecule has 0 amide bonds. The van der Waals surface area contributed by atoms with Gasteiger partial charge in [0.25, 0.3) is 0 Å². The molecule has 0 saturated heterocycles. The van der Waals surface area contributed by atoms with Crippen molar-refractivity contribution in [2.45, 2.75) is 13.3 Å². The molecule has 1 aliphatic heterocycles. The van der Waals surface area contributed by atoms with E-state index in [1.165, 1.54) is 22.5 Å². The maximum atomic E-state index is 3.83. The Balaban J connectivity index is 2.57. The fraction of sp³-hybridized carbons (Fsp3) is 0.385. The summed E-state index contributed by atoms with van der Waals surface area (Å²) in [5.74, 6) is 0. The monoisotopic (exact) mass is 202 g/mol. The van der Waals surface area contributed by atoms with Crippen molar-refractivity contribution >= 4 is 17.5 Å². The standard InChI is InChI=1S/C13H18N2/c1-4-10-8-11(5-2)13-12(9-10)14-6-7-15(13)3/h4,8-9,14H,1,5-7H2,2-3H3. The average Bonchev–Trinajstić information content (AvgIpc) is 2.27. The van der Waals surface area contributed by atoms with Gasteiger partial charge in [0, 0.05) is 20.1 Å². The molecule has 0 fully saturated rings. The fourth-order valence-corrected chi connectivity index (χ4v) is 2.16. The van der Waals surface area contributed by atoms with E-state index in [1.807, 2.05) is 6.08 Å². The Hall–Kier alpha value is -1.44. The van der Waals surface area contributed by atoms with E-state index in [1.54, 1.807) is 0 Å². The van der Waals surface area contributed by atoms with Gasteiger partial charge < -0.3 is 10.2 Å². The largest absolute Gasteiger partial charge is 0.382 e. The molecule has 0 spiro atoms. The molecular formula is C13H18N2. The van der Waals surface area contributed by atoms with Gasteiger partial charge in [-0.25, -0.2) is 0 Å². The summed E-state index contributed by atoms with van der Waals surface area (Å²) >= 11 is 0. The van der Waals surface area contributed by atoms with E-state index in [-0.39, 0.29) is 0 Å². The van der Waals surface area contributed by atoms with E-state index in [4.69, 9.17) is 0 Å². The van der Waals surface area contributed by atoms with Crippen LogP contribution in [0.15, 0.2) is 18.7 Å². The van der Waals surface area contributed by atoms with Crippen LogP contribution in [0.1, 0.15) is 18.1 Å². The predicted molar refractivity (Wildman–Crippen MR) is 67.7 cm³/mol. The number of aryl methyl sites for hydroxylation is 1. The molecule has 1 aromatic rings. The molecule has 0 aliphatic carbocycles. The molecule has 0 unspecified atom stereocenters. The molecule has 1 N–H and O–H groups in total. The number of anilines is 2. The van der Waals surface area contributed by atoms with E-state index < -0.39 is 0 Å². The van der Waals surface area contributed by atoms with Crippen molar-refractivity contribution in [3.63, 3.8) is 0 Å². The van der Waals surface area contributed by atoms with Crippen LogP contribution >= 0.6 is 0 Å². The maximum absolute atomic E-state index is 3.83. The van der Waals surface area contributed by atoms with Gasteiger partial charge in [-0.05, 0) is 29.7 Å². The smallest absolute Gasteiger partial charge is 0.0632 e. The Bertz CT molecular complexity index is 365. The van der Waals surface area contributed by atoms with Crippen LogP contribution in [0.5, 0.6) is 0 Å². The molecule has 0 atom stereocenters.